The average Bonchev–Trinajstić information content (AvgIpc) is 2.82. The van der Waals surface area contributed by atoms with Crippen LogP contribution in [0.15, 0.2) is 12.1 Å². The number of fused-ring (bicyclic) bond motifs is 2. The van der Waals surface area contributed by atoms with Crippen molar-refractivity contribution >= 4 is 11.9 Å². The number of aryl methyl sites for hydroxylation is 2. The van der Waals surface area contributed by atoms with Crippen molar-refractivity contribution in [3.05, 3.63) is 34.4 Å². The fraction of sp³-hybridized carbons (Fsp3) is 0.556. The molecule has 0 unspecified atom stereocenters. The summed E-state index contributed by atoms with van der Waals surface area (Å²) >= 11 is 0. The Labute approximate surface area is 131 Å². The van der Waals surface area contributed by atoms with E-state index in [1.54, 1.807) is 6.92 Å². The molecule has 0 saturated heterocycles. The second kappa shape index (κ2) is 5.75. The average molecular weight is 301 g/mol. The topological polar surface area (TPSA) is 55.4 Å². The Morgan fingerprint density at radius 2 is 1.64 bits per heavy atom. The molecule has 0 heterocycles. The monoisotopic (exact) mass is 301 g/mol. The maximum absolute atomic E-state index is 12.5. The van der Waals surface area contributed by atoms with Gasteiger partial charge in [0, 0.05) is 19.8 Å². The second-order valence-electron chi connectivity index (χ2n) is 6.43. The van der Waals surface area contributed by atoms with Crippen LogP contribution < -0.4 is 5.32 Å². The fourth-order valence-electron chi connectivity index (χ4n) is 3.82. The van der Waals surface area contributed by atoms with Gasteiger partial charge in [0.1, 0.15) is 5.54 Å². The molecule has 2 aliphatic carbocycles. The summed E-state index contributed by atoms with van der Waals surface area (Å²) in [5, 5.41) is 2.86. The molecule has 1 aromatic carbocycles. The highest BCUT2D eigenvalue weighted by atomic mass is 16.5. The molecule has 0 spiro atoms. The van der Waals surface area contributed by atoms with Gasteiger partial charge < -0.3 is 10.1 Å². The number of hydrogen-bond acceptors (Lipinski definition) is 3. The number of carbonyl (C=O) groups excluding carboxylic acids is 2. The summed E-state index contributed by atoms with van der Waals surface area (Å²) in [6.07, 6.45) is 5.79. The van der Waals surface area contributed by atoms with Gasteiger partial charge in [0.05, 0.1) is 6.61 Å². The molecule has 4 nitrogen and oxygen atoms in total. The lowest BCUT2D eigenvalue weighted by atomic mass is 9.89. The van der Waals surface area contributed by atoms with Crippen LogP contribution in [0.25, 0.3) is 0 Å². The minimum absolute atomic E-state index is 0.189. The normalized spacial score (nSPS) is 18.3. The molecule has 0 radical (unpaired) electrons. The van der Waals surface area contributed by atoms with Gasteiger partial charge in [-0.1, -0.05) is 12.1 Å². The number of carbonyl (C=O) groups is 2. The number of rotatable bonds is 3. The number of esters is 1. The highest BCUT2D eigenvalue weighted by Gasteiger charge is 2.46. The first-order valence-electron chi connectivity index (χ1n) is 8.13. The summed E-state index contributed by atoms with van der Waals surface area (Å²) < 4.78 is 5.23. The summed E-state index contributed by atoms with van der Waals surface area (Å²) in [4.78, 5) is 24.1. The van der Waals surface area contributed by atoms with E-state index in [4.69, 9.17) is 4.74 Å². The first-order chi connectivity index (χ1) is 10.5. The van der Waals surface area contributed by atoms with Gasteiger partial charge in [-0.3, -0.25) is 4.79 Å². The van der Waals surface area contributed by atoms with E-state index >= 15 is 0 Å². The van der Waals surface area contributed by atoms with Crippen LogP contribution in [0.2, 0.25) is 0 Å². The first-order valence-corrected chi connectivity index (χ1v) is 8.13. The lowest BCUT2D eigenvalue weighted by Gasteiger charge is -2.27. The Kier molecular flexibility index (Phi) is 3.94. The van der Waals surface area contributed by atoms with Crippen LogP contribution in [0.4, 0.5) is 0 Å². The standard InChI is InChI=1S/C18H23NO3/c1-3-22-17(21)18(19-12(2)20)10-15-8-13-6-4-5-7-14(13)9-16(15)11-18/h8-9H,3-7,10-11H2,1-2H3,(H,19,20). The predicted octanol–water partition coefficient (Wildman–Crippen LogP) is 2.10. The quantitative estimate of drug-likeness (QED) is 0.870. The smallest absolute Gasteiger partial charge is 0.332 e. The lowest BCUT2D eigenvalue weighted by Crippen LogP contribution is -2.55. The maximum atomic E-state index is 12.5. The van der Waals surface area contributed by atoms with E-state index in [9.17, 15) is 9.59 Å². The van der Waals surface area contributed by atoms with Crippen LogP contribution in [0, 0.1) is 0 Å². The molecule has 4 heteroatoms. The zero-order valence-corrected chi connectivity index (χ0v) is 13.3. The fourth-order valence-corrected chi connectivity index (χ4v) is 3.82. The van der Waals surface area contributed by atoms with Crippen LogP contribution in [0.5, 0.6) is 0 Å². The van der Waals surface area contributed by atoms with Crippen LogP contribution in [-0.4, -0.2) is 24.0 Å². The van der Waals surface area contributed by atoms with Gasteiger partial charge in [-0.05, 0) is 54.9 Å². The van der Waals surface area contributed by atoms with E-state index in [0.717, 1.165) is 12.8 Å². The van der Waals surface area contributed by atoms with Crippen molar-refractivity contribution in [2.75, 3.05) is 6.61 Å². The van der Waals surface area contributed by atoms with Gasteiger partial charge in [0.25, 0.3) is 0 Å². The largest absolute Gasteiger partial charge is 0.464 e. The molecular formula is C18H23NO3. The van der Waals surface area contributed by atoms with Gasteiger partial charge >= 0.3 is 5.97 Å². The van der Waals surface area contributed by atoms with E-state index in [1.165, 1.54) is 42.0 Å². The van der Waals surface area contributed by atoms with E-state index in [2.05, 4.69) is 17.4 Å². The van der Waals surface area contributed by atoms with Crippen molar-refractivity contribution in [2.45, 2.75) is 57.9 Å². The van der Waals surface area contributed by atoms with Gasteiger partial charge in [0.15, 0.2) is 0 Å². The Bertz CT molecular complexity index is 586. The number of nitrogens with one attached hydrogen (secondary N) is 1. The molecule has 0 fully saturated rings. The second-order valence-corrected chi connectivity index (χ2v) is 6.43. The van der Waals surface area contributed by atoms with E-state index < -0.39 is 5.54 Å². The summed E-state index contributed by atoms with van der Waals surface area (Å²) in [5.41, 5.74) is 4.26. The van der Waals surface area contributed by atoms with Crippen LogP contribution in [0.3, 0.4) is 0 Å². The van der Waals surface area contributed by atoms with E-state index in [1.807, 2.05) is 0 Å². The minimum atomic E-state index is -0.922. The number of amides is 1. The molecule has 22 heavy (non-hydrogen) atoms. The highest BCUT2D eigenvalue weighted by molar-refractivity contribution is 5.89. The molecule has 0 aromatic heterocycles. The summed E-state index contributed by atoms with van der Waals surface area (Å²) in [6, 6.07) is 4.49. The van der Waals surface area contributed by atoms with Gasteiger partial charge in [-0.2, -0.15) is 0 Å². The molecule has 0 atom stereocenters. The first kappa shape index (κ1) is 15.1. The van der Waals surface area contributed by atoms with Crippen molar-refractivity contribution in [1.82, 2.24) is 5.32 Å². The van der Waals surface area contributed by atoms with Crippen molar-refractivity contribution < 1.29 is 14.3 Å². The van der Waals surface area contributed by atoms with Crippen LogP contribution >= 0.6 is 0 Å². The van der Waals surface area contributed by atoms with Crippen LogP contribution in [0.1, 0.15) is 48.9 Å². The third-order valence-electron chi connectivity index (χ3n) is 4.73. The third-order valence-corrected chi connectivity index (χ3v) is 4.73. The van der Waals surface area contributed by atoms with Crippen molar-refractivity contribution in [3.8, 4) is 0 Å². The number of hydrogen-bond donors (Lipinski definition) is 1. The molecule has 1 N–H and O–H groups in total. The van der Waals surface area contributed by atoms with E-state index in [0.29, 0.717) is 19.4 Å². The van der Waals surface area contributed by atoms with Crippen molar-refractivity contribution in [1.29, 1.82) is 0 Å². The van der Waals surface area contributed by atoms with E-state index in [-0.39, 0.29) is 11.9 Å². The van der Waals surface area contributed by atoms with Gasteiger partial charge in [-0.15, -0.1) is 0 Å². The molecule has 0 bridgehead atoms. The molecule has 118 valence electrons. The summed E-state index contributed by atoms with van der Waals surface area (Å²) in [5.74, 6) is -0.509. The zero-order valence-electron chi connectivity index (χ0n) is 13.3. The van der Waals surface area contributed by atoms with Gasteiger partial charge in [0.2, 0.25) is 5.91 Å². The summed E-state index contributed by atoms with van der Waals surface area (Å²) in [6.45, 7) is 3.57. The number of ether oxygens (including phenoxy) is 1. The summed E-state index contributed by atoms with van der Waals surface area (Å²) in [7, 11) is 0. The Morgan fingerprint density at radius 3 is 2.09 bits per heavy atom. The Morgan fingerprint density at radius 1 is 1.09 bits per heavy atom. The van der Waals surface area contributed by atoms with Gasteiger partial charge in [-0.25, -0.2) is 4.79 Å². The van der Waals surface area contributed by atoms with Crippen LogP contribution in [-0.2, 0) is 40.0 Å². The SMILES string of the molecule is CCOC(=O)C1(NC(C)=O)Cc2cc3c(cc2C1)CCCC3. The third kappa shape index (κ3) is 2.62. The Hall–Kier alpha value is -1.84. The molecule has 1 aromatic rings. The van der Waals surface area contributed by atoms with Crippen molar-refractivity contribution in [2.24, 2.45) is 0 Å². The molecular weight excluding hydrogens is 278 g/mol. The predicted molar refractivity (Wildman–Crippen MR) is 83.7 cm³/mol. The maximum Gasteiger partial charge on any atom is 0.332 e. The zero-order chi connectivity index (χ0) is 15.7. The number of benzene rings is 1. The molecule has 0 aliphatic heterocycles. The molecule has 0 saturated carbocycles. The molecule has 1 amide bonds. The minimum Gasteiger partial charge on any atom is -0.464 e. The highest BCUT2D eigenvalue weighted by Crippen LogP contribution is 2.35. The Balaban J connectivity index is 1.94. The van der Waals surface area contributed by atoms with Crippen molar-refractivity contribution in [3.63, 3.8) is 0 Å². The molecule has 3 rings (SSSR count). The molecule has 2 aliphatic rings. The lowest BCUT2D eigenvalue weighted by molar-refractivity contribution is -0.152.